The fourth-order valence-corrected chi connectivity index (χ4v) is 1.01. The molecule has 1 aromatic carbocycles. The minimum Gasteiger partial charge on any atom is -0.461 e. The van der Waals surface area contributed by atoms with Crippen molar-refractivity contribution in [2.75, 3.05) is 11.0 Å². The van der Waals surface area contributed by atoms with Crippen LogP contribution in [0.15, 0.2) is 30.3 Å². The summed E-state index contributed by atoms with van der Waals surface area (Å²) in [5, 5.41) is 0. The predicted octanol–water partition coefficient (Wildman–Crippen LogP) is 2.28. The highest BCUT2D eigenvalue weighted by Crippen LogP contribution is 2.00. The van der Waals surface area contributed by atoms with Gasteiger partial charge in [0.05, 0.1) is 5.56 Å². The lowest BCUT2D eigenvalue weighted by molar-refractivity contribution is 0.0533. The van der Waals surface area contributed by atoms with Gasteiger partial charge in [-0.05, 0) is 12.1 Å². The van der Waals surface area contributed by atoms with Crippen LogP contribution >= 0.6 is 22.6 Å². The van der Waals surface area contributed by atoms with Crippen molar-refractivity contribution >= 4 is 28.6 Å². The third-order valence-electron chi connectivity index (χ3n) is 1.32. The van der Waals surface area contributed by atoms with E-state index in [0.29, 0.717) is 12.2 Å². The number of ether oxygens (including phenoxy) is 1. The summed E-state index contributed by atoms with van der Waals surface area (Å²) in [6.45, 7) is 0.480. The molecule has 0 atom stereocenters. The molecular formula is C9H9IO2. The first-order valence-electron chi connectivity index (χ1n) is 3.62. The lowest BCUT2D eigenvalue weighted by atomic mass is 10.2. The molecular weight excluding hydrogens is 267 g/mol. The van der Waals surface area contributed by atoms with Crippen LogP contribution < -0.4 is 0 Å². The van der Waals surface area contributed by atoms with Crippen LogP contribution in [0.2, 0.25) is 0 Å². The Hall–Kier alpha value is -0.580. The summed E-state index contributed by atoms with van der Waals surface area (Å²) in [5.74, 6) is -0.243. The summed E-state index contributed by atoms with van der Waals surface area (Å²) >= 11 is 2.16. The van der Waals surface area contributed by atoms with Crippen molar-refractivity contribution in [3.8, 4) is 0 Å². The monoisotopic (exact) mass is 276 g/mol. The molecule has 0 fully saturated rings. The maximum Gasteiger partial charge on any atom is 0.338 e. The number of carbonyl (C=O) groups is 1. The Morgan fingerprint density at radius 2 is 2.00 bits per heavy atom. The topological polar surface area (TPSA) is 26.3 Å². The van der Waals surface area contributed by atoms with Crippen molar-refractivity contribution in [1.82, 2.24) is 0 Å². The van der Waals surface area contributed by atoms with Crippen molar-refractivity contribution in [1.29, 1.82) is 0 Å². The van der Waals surface area contributed by atoms with Gasteiger partial charge in [-0.15, -0.1) is 0 Å². The van der Waals surface area contributed by atoms with E-state index in [2.05, 4.69) is 22.6 Å². The molecule has 2 nitrogen and oxygen atoms in total. The molecule has 0 aromatic heterocycles. The average molecular weight is 276 g/mol. The zero-order chi connectivity index (χ0) is 8.81. The van der Waals surface area contributed by atoms with Crippen LogP contribution in [0.3, 0.4) is 0 Å². The Kier molecular flexibility index (Phi) is 4.07. The summed E-state index contributed by atoms with van der Waals surface area (Å²) in [6, 6.07) is 9.00. The average Bonchev–Trinajstić information content (AvgIpc) is 2.15. The molecule has 0 bridgehead atoms. The standard InChI is InChI=1S/C9H9IO2/c10-6-7-12-9(11)8-4-2-1-3-5-8/h1-5H,6-7H2. The van der Waals surface area contributed by atoms with E-state index in [-0.39, 0.29) is 5.97 Å². The first-order valence-corrected chi connectivity index (χ1v) is 5.15. The van der Waals surface area contributed by atoms with E-state index in [1.807, 2.05) is 18.2 Å². The van der Waals surface area contributed by atoms with Gasteiger partial charge < -0.3 is 4.74 Å². The van der Waals surface area contributed by atoms with Crippen LogP contribution in [0.5, 0.6) is 0 Å². The van der Waals surface area contributed by atoms with E-state index in [1.54, 1.807) is 12.1 Å². The number of esters is 1. The van der Waals surface area contributed by atoms with Crippen molar-refractivity contribution in [2.24, 2.45) is 0 Å². The molecule has 12 heavy (non-hydrogen) atoms. The van der Waals surface area contributed by atoms with Crippen molar-refractivity contribution in [3.05, 3.63) is 35.9 Å². The van der Waals surface area contributed by atoms with Crippen LogP contribution in [-0.4, -0.2) is 17.0 Å². The number of carbonyl (C=O) groups excluding carboxylic acids is 1. The second kappa shape index (κ2) is 5.13. The molecule has 0 unspecified atom stereocenters. The molecule has 0 saturated carbocycles. The fourth-order valence-electron chi connectivity index (χ4n) is 0.789. The van der Waals surface area contributed by atoms with Gasteiger partial charge >= 0.3 is 5.97 Å². The second-order valence-electron chi connectivity index (χ2n) is 2.19. The number of hydrogen-bond donors (Lipinski definition) is 0. The Morgan fingerprint density at radius 1 is 1.33 bits per heavy atom. The van der Waals surface area contributed by atoms with Gasteiger partial charge in [0.15, 0.2) is 0 Å². The van der Waals surface area contributed by atoms with Gasteiger partial charge in [-0.1, -0.05) is 40.8 Å². The molecule has 0 amide bonds. The Bertz CT molecular complexity index is 246. The van der Waals surface area contributed by atoms with Crippen molar-refractivity contribution < 1.29 is 9.53 Å². The first-order chi connectivity index (χ1) is 5.84. The zero-order valence-electron chi connectivity index (χ0n) is 6.50. The van der Waals surface area contributed by atoms with Crippen molar-refractivity contribution in [2.45, 2.75) is 0 Å². The zero-order valence-corrected chi connectivity index (χ0v) is 8.65. The minimum absolute atomic E-state index is 0.243. The molecule has 0 N–H and O–H groups in total. The number of rotatable bonds is 3. The molecule has 0 saturated heterocycles. The Labute approximate surface area is 85.1 Å². The molecule has 0 radical (unpaired) electrons. The van der Waals surface area contributed by atoms with E-state index < -0.39 is 0 Å². The molecule has 0 aliphatic rings. The number of halogens is 1. The third kappa shape index (κ3) is 2.81. The lowest BCUT2D eigenvalue weighted by Gasteiger charge is -2.00. The molecule has 0 heterocycles. The summed E-state index contributed by atoms with van der Waals surface area (Å²) in [4.78, 5) is 11.2. The highest BCUT2D eigenvalue weighted by Gasteiger charge is 2.03. The summed E-state index contributed by atoms with van der Waals surface area (Å²) in [5.41, 5.74) is 0.613. The highest BCUT2D eigenvalue weighted by atomic mass is 127. The number of alkyl halides is 1. The van der Waals surface area contributed by atoms with Crippen LogP contribution in [0.4, 0.5) is 0 Å². The molecule has 0 aliphatic carbocycles. The van der Waals surface area contributed by atoms with Gasteiger partial charge in [0.1, 0.15) is 6.61 Å². The maximum absolute atomic E-state index is 11.2. The Morgan fingerprint density at radius 3 is 2.58 bits per heavy atom. The Balaban J connectivity index is 2.54. The van der Waals surface area contributed by atoms with Gasteiger partial charge in [-0.3, -0.25) is 0 Å². The van der Waals surface area contributed by atoms with E-state index in [0.717, 1.165) is 4.43 Å². The molecule has 0 spiro atoms. The summed E-state index contributed by atoms with van der Waals surface area (Å²) < 4.78 is 5.76. The SMILES string of the molecule is O=C(OCCI)c1ccccc1. The molecule has 0 aliphatic heterocycles. The molecule has 1 rings (SSSR count). The van der Waals surface area contributed by atoms with E-state index >= 15 is 0 Å². The maximum atomic E-state index is 11.2. The fraction of sp³-hybridized carbons (Fsp3) is 0.222. The van der Waals surface area contributed by atoms with Gasteiger partial charge in [0.2, 0.25) is 0 Å². The van der Waals surface area contributed by atoms with Crippen LogP contribution in [0, 0.1) is 0 Å². The van der Waals surface area contributed by atoms with Gasteiger partial charge in [0, 0.05) is 4.43 Å². The number of hydrogen-bond acceptors (Lipinski definition) is 2. The van der Waals surface area contributed by atoms with Gasteiger partial charge in [-0.2, -0.15) is 0 Å². The smallest absolute Gasteiger partial charge is 0.338 e. The number of benzene rings is 1. The molecule has 64 valence electrons. The highest BCUT2D eigenvalue weighted by molar-refractivity contribution is 14.1. The normalized spacial score (nSPS) is 9.42. The largest absolute Gasteiger partial charge is 0.461 e. The van der Waals surface area contributed by atoms with E-state index in [4.69, 9.17) is 4.74 Å². The summed E-state index contributed by atoms with van der Waals surface area (Å²) in [7, 11) is 0. The van der Waals surface area contributed by atoms with Gasteiger partial charge in [-0.25, -0.2) is 4.79 Å². The van der Waals surface area contributed by atoms with Crippen LogP contribution in [-0.2, 0) is 4.74 Å². The molecule has 1 aromatic rings. The van der Waals surface area contributed by atoms with E-state index in [9.17, 15) is 4.79 Å². The van der Waals surface area contributed by atoms with Crippen molar-refractivity contribution in [3.63, 3.8) is 0 Å². The molecule has 3 heteroatoms. The first kappa shape index (κ1) is 9.51. The quantitative estimate of drug-likeness (QED) is 0.481. The summed E-state index contributed by atoms with van der Waals surface area (Å²) in [6.07, 6.45) is 0. The van der Waals surface area contributed by atoms with E-state index in [1.165, 1.54) is 0 Å². The lowest BCUT2D eigenvalue weighted by Crippen LogP contribution is -2.06. The second-order valence-corrected chi connectivity index (χ2v) is 3.27. The predicted molar refractivity (Wildman–Crippen MR) is 55.6 cm³/mol. The third-order valence-corrected chi connectivity index (χ3v) is 1.76. The van der Waals surface area contributed by atoms with Crippen LogP contribution in [0.25, 0.3) is 0 Å². The van der Waals surface area contributed by atoms with Crippen LogP contribution in [0.1, 0.15) is 10.4 Å². The minimum atomic E-state index is -0.243. The van der Waals surface area contributed by atoms with Gasteiger partial charge in [0.25, 0.3) is 0 Å².